The Hall–Kier alpha value is -0.900. The molecule has 0 aromatic heterocycles. The summed E-state index contributed by atoms with van der Waals surface area (Å²) < 4.78 is 0. The van der Waals surface area contributed by atoms with Gasteiger partial charge in [-0.3, -0.25) is 14.5 Å². The molecule has 0 spiro atoms. The van der Waals surface area contributed by atoms with Crippen LogP contribution in [0.2, 0.25) is 0 Å². The standard InChI is InChI=1S/C14H28N2O2/c1-7-16(9-13(17)12(4)5)14(18)10-15(6)8-11(2)3/h11-12H,7-10H2,1-6H3. The summed E-state index contributed by atoms with van der Waals surface area (Å²) in [6, 6.07) is 0. The number of hydrogen-bond donors (Lipinski definition) is 0. The van der Waals surface area contributed by atoms with Crippen molar-refractivity contribution in [2.45, 2.75) is 34.6 Å². The fraction of sp³-hybridized carbons (Fsp3) is 0.857. The molecule has 0 heterocycles. The Labute approximate surface area is 111 Å². The molecule has 0 radical (unpaired) electrons. The quantitative estimate of drug-likeness (QED) is 0.663. The van der Waals surface area contributed by atoms with Gasteiger partial charge < -0.3 is 4.90 Å². The minimum Gasteiger partial charge on any atom is -0.335 e. The summed E-state index contributed by atoms with van der Waals surface area (Å²) in [6.45, 7) is 12.0. The van der Waals surface area contributed by atoms with Crippen LogP contribution in [0, 0.1) is 11.8 Å². The largest absolute Gasteiger partial charge is 0.335 e. The van der Waals surface area contributed by atoms with Gasteiger partial charge in [-0.1, -0.05) is 27.7 Å². The fourth-order valence-corrected chi connectivity index (χ4v) is 1.77. The number of ketones is 1. The second kappa shape index (κ2) is 8.25. The first-order valence-corrected chi connectivity index (χ1v) is 6.76. The molecule has 0 aromatic carbocycles. The highest BCUT2D eigenvalue weighted by Gasteiger charge is 2.18. The van der Waals surface area contributed by atoms with E-state index in [1.807, 2.05) is 32.7 Å². The molecule has 106 valence electrons. The zero-order valence-corrected chi connectivity index (χ0v) is 12.7. The van der Waals surface area contributed by atoms with Crippen LogP contribution >= 0.6 is 0 Å². The van der Waals surface area contributed by atoms with Crippen molar-refractivity contribution in [3.63, 3.8) is 0 Å². The lowest BCUT2D eigenvalue weighted by atomic mass is 10.1. The molecule has 4 nitrogen and oxygen atoms in total. The molecule has 1 amide bonds. The maximum Gasteiger partial charge on any atom is 0.237 e. The Morgan fingerprint density at radius 3 is 2.00 bits per heavy atom. The lowest BCUT2D eigenvalue weighted by molar-refractivity contribution is -0.136. The van der Waals surface area contributed by atoms with Gasteiger partial charge in [-0.05, 0) is 19.9 Å². The number of likely N-dealkylation sites (N-methyl/N-ethyl adjacent to an activating group) is 2. The van der Waals surface area contributed by atoms with Gasteiger partial charge in [0.05, 0.1) is 13.1 Å². The van der Waals surface area contributed by atoms with Crippen molar-refractivity contribution >= 4 is 11.7 Å². The number of amides is 1. The molecule has 18 heavy (non-hydrogen) atoms. The number of carbonyl (C=O) groups excluding carboxylic acids is 2. The van der Waals surface area contributed by atoms with Crippen LogP contribution in [0.1, 0.15) is 34.6 Å². The first-order chi connectivity index (χ1) is 8.27. The third kappa shape index (κ3) is 6.74. The van der Waals surface area contributed by atoms with Gasteiger partial charge in [0.15, 0.2) is 5.78 Å². The monoisotopic (exact) mass is 256 g/mol. The predicted octanol–water partition coefficient (Wildman–Crippen LogP) is 1.65. The Morgan fingerprint density at radius 1 is 1.06 bits per heavy atom. The van der Waals surface area contributed by atoms with E-state index in [4.69, 9.17) is 0 Å². The van der Waals surface area contributed by atoms with E-state index in [1.165, 1.54) is 0 Å². The van der Waals surface area contributed by atoms with E-state index >= 15 is 0 Å². The van der Waals surface area contributed by atoms with Gasteiger partial charge in [0.25, 0.3) is 0 Å². The Kier molecular flexibility index (Phi) is 7.83. The van der Waals surface area contributed by atoms with Crippen molar-refractivity contribution in [2.75, 3.05) is 33.2 Å². The van der Waals surface area contributed by atoms with Crippen LogP contribution < -0.4 is 0 Å². The van der Waals surface area contributed by atoms with Gasteiger partial charge in [0.2, 0.25) is 5.91 Å². The number of rotatable bonds is 8. The van der Waals surface area contributed by atoms with Crippen LogP contribution in [-0.2, 0) is 9.59 Å². The number of Topliss-reactive ketones (excluding diaryl/α,β-unsaturated/α-hetero) is 1. The maximum absolute atomic E-state index is 12.1. The van der Waals surface area contributed by atoms with E-state index in [2.05, 4.69) is 13.8 Å². The summed E-state index contributed by atoms with van der Waals surface area (Å²) in [5.74, 6) is 0.682. The zero-order valence-electron chi connectivity index (χ0n) is 12.7. The van der Waals surface area contributed by atoms with Crippen LogP contribution in [0.4, 0.5) is 0 Å². The van der Waals surface area contributed by atoms with Crippen LogP contribution in [0.25, 0.3) is 0 Å². The highest BCUT2D eigenvalue weighted by atomic mass is 16.2. The molecule has 0 N–H and O–H groups in total. The SMILES string of the molecule is CCN(CC(=O)C(C)C)C(=O)CN(C)CC(C)C. The number of nitrogens with zero attached hydrogens (tertiary/aromatic N) is 2. The lowest BCUT2D eigenvalue weighted by Gasteiger charge is -2.25. The smallest absolute Gasteiger partial charge is 0.237 e. The highest BCUT2D eigenvalue weighted by Crippen LogP contribution is 2.01. The van der Waals surface area contributed by atoms with Gasteiger partial charge in [-0.15, -0.1) is 0 Å². The molecule has 4 heteroatoms. The van der Waals surface area contributed by atoms with Crippen molar-refractivity contribution in [1.82, 2.24) is 9.80 Å². The molecular formula is C14H28N2O2. The molecule has 0 atom stereocenters. The molecule has 0 rings (SSSR count). The third-order valence-electron chi connectivity index (χ3n) is 2.81. The van der Waals surface area contributed by atoms with Gasteiger partial charge >= 0.3 is 0 Å². The molecule has 0 fully saturated rings. The van der Waals surface area contributed by atoms with E-state index in [1.54, 1.807) is 4.90 Å². The molecule has 0 aliphatic heterocycles. The van der Waals surface area contributed by atoms with Gasteiger partial charge in [-0.2, -0.15) is 0 Å². The lowest BCUT2D eigenvalue weighted by Crippen LogP contribution is -2.43. The number of hydrogen-bond acceptors (Lipinski definition) is 3. The Bertz CT molecular complexity index is 275. The molecule has 0 aliphatic carbocycles. The zero-order chi connectivity index (χ0) is 14.3. The van der Waals surface area contributed by atoms with Crippen LogP contribution in [0.5, 0.6) is 0 Å². The van der Waals surface area contributed by atoms with Crippen molar-refractivity contribution < 1.29 is 9.59 Å². The van der Waals surface area contributed by atoms with Crippen molar-refractivity contribution in [2.24, 2.45) is 11.8 Å². The molecule has 0 aliphatic rings. The second-order valence-electron chi connectivity index (χ2n) is 5.62. The first kappa shape index (κ1) is 17.1. The van der Waals surface area contributed by atoms with Crippen LogP contribution in [-0.4, -0.2) is 54.7 Å². The number of carbonyl (C=O) groups is 2. The summed E-state index contributed by atoms with van der Waals surface area (Å²) in [6.07, 6.45) is 0. The molecule has 0 unspecified atom stereocenters. The van der Waals surface area contributed by atoms with Crippen LogP contribution in [0.3, 0.4) is 0 Å². The summed E-state index contributed by atoms with van der Waals surface area (Å²) in [5, 5.41) is 0. The van der Waals surface area contributed by atoms with Crippen molar-refractivity contribution in [1.29, 1.82) is 0 Å². The van der Waals surface area contributed by atoms with Gasteiger partial charge in [-0.25, -0.2) is 0 Å². The predicted molar refractivity (Wildman–Crippen MR) is 74.4 cm³/mol. The Balaban J connectivity index is 4.31. The summed E-state index contributed by atoms with van der Waals surface area (Å²) in [7, 11) is 1.94. The molecule has 0 bridgehead atoms. The first-order valence-electron chi connectivity index (χ1n) is 6.76. The van der Waals surface area contributed by atoms with E-state index in [0.29, 0.717) is 19.0 Å². The summed E-state index contributed by atoms with van der Waals surface area (Å²) >= 11 is 0. The van der Waals surface area contributed by atoms with Crippen LogP contribution in [0.15, 0.2) is 0 Å². The van der Waals surface area contributed by atoms with Gasteiger partial charge in [0.1, 0.15) is 0 Å². The van der Waals surface area contributed by atoms with Crippen molar-refractivity contribution in [3.05, 3.63) is 0 Å². The minimum absolute atomic E-state index is 0.0137. The molecular weight excluding hydrogens is 228 g/mol. The average molecular weight is 256 g/mol. The third-order valence-corrected chi connectivity index (χ3v) is 2.81. The minimum atomic E-state index is -0.0137. The maximum atomic E-state index is 12.1. The summed E-state index contributed by atoms with van der Waals surface area (Å²) in [5.41, 5.74) is 0. The molecule has 0 aromatic rings. The molecule has 0 saturated carbocycles. The van der Waals surface area contributed by atoms with E-state index < -0.39 is 0 Å². The summed E-state index contributed by atoms with van der Waals surface area (Å²) in [4.78, 5) is 27.4. The van der Waals surface area contributed by atoms with Crippen molar-refractivity contribution in [3.8, 4) is 0 Å². The van der Waals surface area contributed by atoms with E-state index in [-0.39, 0.29) is 24.2 Å². The second-order valence-corrected chi connectivity index (χ2v) is 5.62. The topological polar surface area (TPSA) is 40.6 Å². The average Bonchev–Trinajstić information content (AvgIpc) is 2.23. The van der Waals surface area contributed by atoms with E-state index in [0.717, 1.165) is 6.54 Å². The molecule has 0 saturated heterocycles. The Morgan fingerprint density at radius 2 is 1.61 bits per heavy atom. The highest BCUT2D eigenvalue weighted by molar-refractivity contribution is 5.87. The normalized spacial score (nSPS) is 11.4. The van der Waals surface area contributed by atoms with E-state index in [9.17, 15) is 9.59 Å². The fourth-order valence-electron chi connectivity index (χ4n) is 1.77. The van der Waals surface area contributed by atoms with Gasteiger partial charge in [0, 0.05) is 19.0 Å².